The molecule has 0 aliphatic carbocycles. The van der Waals surface area contributed by atoms with Gasteiger partial charge in [0.05, 0.1) is 0 Å². The molecule has 20 heavy (non-hydrogen) atoms. The number of anilines is 1. The van der Waals surface area contributed by atoms with Gasteiger partial charge in [-0.05, 0) is 31.0 Å². The minimum Gasteiger partial charge on any atom is -0.385 e. The number of aryl methyl sites for hydroxylation is 1. The monoisotopic (exact) mass is 274 g/mol. The maximum Gasteiger partial charge on any atom is 0.263 e. The third-order valence-corrected chi connectivity index (χ3v) is 2.46. The van der Waals surface area contributed by atoms with E-state index >= 15 is 0 Å². The fourth-order valence-corrected chi connectivity index (χ4v) is 1.42. The SMILES string of the molecule is COCCCNC(=O)/C(C#N)=C\Nc1cc(C)ccn1. The van der Waals surface area contributed by atoms with Crippen LogP contribution < -0.4 is 10.6 Å². The summed E-state index contributed by atoms with van der Waals surface area (Å²) in [5.41, 5.74) is 1.05. The number of aromatic nitrogens is 1. The van der Waals surface area contributed by atoms with Gasteiger partial charge in [0.25, 0.3) is 5.91 Å². The number of nitriles is 1. The minimum atomic E-state index is -0.413. The number of nitrogens with zero attached hydrogens (tertiary/aromatic N) is 2. The summed E-state index contributed by atoms with van der Waals surface area (Å²) in [7, 11) is 1.60. The van der Waals surface area contributed by atoms with Gasteiger partial charge in [0.2, 0.25) is 0 Å². The van der Waals surface area contributed by atoms with Crippen LogP contribution in [0.15, 0.2) is 30.1 Å². The molecule has 0 aliphatic rings. The number of nitrogens with one attached hydrogen (secondary N) is 2. The maximum atomic E-state index is 11.7. The number of amides is 1. The predicted molar refractivity (Wildman–Crippen MR) is 75.8 cm³/mol. The van der Waals surface area contributed by atoms with Crippen molar-refractivity contribution in [2.24, 2.45) is 0 Å². The standard InChI is InChI=1S/C14H18N4O2/c1-11-4-6-16-13(8-11)18-10-12(9-15)14(19)17-5-3-7-20-2/h4,6,8,10H,3,5,7H2,1-2H3,(H,16,18)(H,17,19)/b12-10-. The van der Waals surface area contributed by atoms with Crippen LogP contribution in [0.1, 0.15) is 12.0 Å². The molecule has 1 heterocycles. The number of pyridine rings is 1. The lowest BCUT2D eigenvalue weighted by molar-refractivity contribution is -0.117. The second kappa shape index (κ2) is 8.67. The Morgan fingerprint density at radius 1 is 1.60 bits per heavy atom. The molecule has 6 heteroatoms. The lowest BCUT2D eigenvalue weighted by Crippen LogP contribution is -2.26. The van der Waals surface area contributed by atoms with E-state index in [4.69, 9.17) is 10.00 Å². The van der Waals surface area contributed by atoms with E-state index in [1.54, 1.807) is 13.3 Å². The Hall–Kier alpha value is -2.39. The molecule has 0 aliphatic heterocycles. The summed E-state index contributed by atoms with van der Waals surface area (Å²) in [4.78, 5) is 15.8. The molecule has 1 rings (SSSR count). The van der Waals surface area contributed by atoms with Gasteiger partial charge in [-0.3, -0.25) is 4.79 Å². The fraction of sp³-hybridized carbons (Fsp3) is 0.357. The quantitative estimate of drug-likeness (QED) is 0.445. The second-order valence-electron chi connectivity index (χ2n) is 4.13. The van der Waals surface area contributed by atoms with Gasteiger partial charge in [0, 0.05) is 32.7 Å². The van der Waals surface area contributed by atoms with Crippen molar-refractivity contribution in [3.05, 3.63) is 35.7 Å². The van der Waals surface area contributed by atoms with Crippen LogP contribution in [-0.2, 0) is 9.53 Å². The third-order valence-electron chi connectivity index (χ3n) is 2.46. The third kappa shape index (κ3) is 5.50. The molecular weight excluding hydrogens is 256 g/mol. The first-order chi connectivity index (χ1) is 9.67. The molecule has 0 saturated carbocycles. The molecule has 6 nitrogen and oxygen atoms in total. The largest absolute Gasteiger partial charge is 0.385 e. The highest BCUT2D eigenvalue weighted by Gasteiger charge is 2.07. The molecular formula is C14H18N4O2. The van der Waals surface area contributed by atoms with Crippen LogP contribution >= 0.6 is 0 Å². The molecule has 2 N–H and O–H groups in total. The Kier molecular flexibility index (Phi) is 6.79. The summed E-state index contributed by atoms with van der Waals surface area (Å²) in [6.07, 6.45) is 3.71. The van der Waals surface area contributed by atoms with Crippen molar-refractivity contribution in [2.75, 3.05) is 25.6 Å². The first-order valence-electron chi connectivity index (χ1n) is 6.24. The summed E-state index contributed by atoms with van der Waals surface area (Å²) >= 11 is 0. The van der Waals surface area contributed by atoms with Gasteiger partial charge < -0.3 is 15.4 Å². The zero-order valence-electron chi connectivity index (χ0n) is 11.6. The first-order valence-corrected chi connectivity index (χ1v) is 6.24. The number of carbonyl (C=O) groups is 1. The predicted octanol–water partition coefficient (Wildman–Crippen LogP) is 1.36. The highest BCUT2D eigenvalue weighted by atomic mass is 16.5. The average Bonchev–Trinajstić information content (AvgIpc) is 2.44. The number of carbonyl (C=O) groups excluding carboxylic acids is 1. The number of rotatable bonds is 7. The van der Waals surface area contributed by atoms with Crippen molar-refractivity contribution in [1.29, 1.82) is 5.26 Å². The van der Waals surface area contributed by atoms with Gasteiger partial charge in [-0.1, -0.05) is 0 Å². The van der Waals surface area contributed by atoms with Gasteiger partial charge >= 0.3 is 0 Å². The highest BCUT2D eigenvalue weighted by Crippen LogP contribution is 2.06. The fourth-order valence-electron chi connectivity index (χ4n) is 1.42. The van der Waals surface area contributed by atoms with Crippen molar-refractivity contribution in [1.82, 2.24) is 10.3 Å². The summed E-state index contributed by atoms with van der Waals surface area (Å²) in [5.74, 6) is 0.175. The molecule has 0 unspecified atom stereocenters. The molecule has 1 aromatic rings. The van der Waals surface area contributed by atoms with Crippen molar-refractivity contribution < 1.29 is 9.53 Å². The van der Waals surface area contributed by atoms with Crippen LogP contribution in [-0.4, -0.2) is 31.2 Å². The van der Waals surface area contributed by atoms with Crippen LogP contribution in [0.4, 0.5) is 5.82 Å². The maximum absolute atomic E-state index is 11.7. The Morgan fingerprint density at radius 3 is 3.05 bits per heavy atom. The molecule has 106 valence electrons. The zero-order valence-corrected chi connectivity index (χ0v) is 11.6. The molecule has 0 aromatic carbocycles. The van der Waals surface area contributed by atoms with Gasteiger partial charge in [-0.2, -0.15) is 5.26 Å². The molecule has 0 atom stereocenters. The summed E-state index contributed by atoms with van der Waals surface area (Å²) in [6, 6.07) is 5.54. The van der Waals surface area contributed by atoms with E-state index in [9.17, 15) is 4.79 Å². The van der Waals surface area contributed by atoms with E-state index in [1.165, 1.54) is 6.20 Å². The lowest BCUT2D eigenvalue weighted by atomic mass is 10.2. The number of methoxy groups -OCH3 is 1. The van der Waals surface area contributed by atoms with Crippen LogP contribution in [0.2, 0.25) is 0 Å². The first kappa shape index (κ1) is 15.7. The second-order valence-corrected chi connectivity index (χ2v) is 4.13. The van der Waals surface area contributed by atoms with Gasteiger partial charge in [0.1, 0.15) is 17.5 Å². The summed E-state index contributed by atoms with van der Waals surface area (Å²) in [6.45, 7) is 2.97. The molecule has 0 spiro atoms. The van der Waals surface area contributed by atoms with Gasteiger partial charge in [-0.25, -0.2) is 4.98 Å². The van der Waals surface area contributed by atoms with E-state index in [1.807, 2.05) is 25.1 Å². The Bertz CT molecular complexity index is 520. The van der Waals surface area contributed by atoms with Crippen LogP contribution in [0.3, 0.4) is 0 Å². The van der Waals surface area contributed by atoms with Crippen molar-refractivity contribution in [3.8, 4) is 6.07 Å². The normalized spacial score (nSPS) is 10.8. The Balaban J connectivity index is 2.54. The van der Waals surface area contributed by atoms with Gasteiger partial charge in [-0.15, -0.1) is 0 Å². The lowest BCUT2D eigenvalue weighted by Gasteiger charge is -2.04. The van der Waals surface area contributed by atoms with E-state index in [2.05, 4.69) is 15.6 Å². The number of hydrogen-bond donors (Lipinski definition) is 2. The number of hydrogen-bond acceptors (Lipinski definition) is 5. The van der Waals surface area contributed by atoms with Crippen LogP contribution in [0.5, 0.6) is 0 Å². The van der Waals surface area contributed by atoms with Crippen molar-refractivity contribution in [2.45, 2.75) is 13.3 Å². The zero-order chi connectivity index (χ0) is 14.8. The van der Waals surface area contributed by atoms with E-state index in [0.717, 1.165) is 5.56 Å². The molecule has 0 bridgehead atoms. The summed E-state index contributed by atoms with van der Waals surface area (Å²) < 4.78 is 4.88. The van der Waals surface area contributed by atoms with E-state index in [0.29, 0.717) is 25.4 Å². The van der Waals surface area contributed by atoms with E-state index < -0.39 is 5.91 Å². The Labute approximate surface area is 118 Å². The Morgan fingerprint density at radius 2 is 2.40 bits per heavy atom. The van der Waals surface area contributed by atoms with Crippen LogP contribution in [0, 0.1) is 18.3 Å². The molecule has 0 fully saturated rings. The molecule has 1 aromatic heterocycles. The van der Waals surface area contributed by atoms with Gasteiger partial charge in [0.15, 0.2) is 0 Å². The van der Waals surface area contributed by atoms with Crippen molar-refractivity contribution in [3.63, 3.8) is 0 Å². The molecule has 0 saturated heterocycles. The van der Waals surface area contributed by atoms with E-state index in [-0.39, 0.29) is 5.57 Å². The average molecular weight is 274 g/mol. The topological polar surface area (TPSA) is 87.0 Å². The van der Waals surface area contributed by atoms with Crippen molar-refractivity contribution >= 4 is 11.7 Å². The smallest absolute Gasteiger partial charge is 0.263 e. The summed E-state index contributed by atoms with van der Waals surface area (Å²) in [5, 5.41) is 14.5. The molecule has 0 radical (unpaired) electrons. The highest BCUT2D eigenvalue weighted by molar-refractivity contribution is 5.97. The number of ether oxygens (including phenoxy) is 1. The minimum absolute atomic E-state index is 0.00530. The molecule has 1 amide bonds. The van der Waals surface area contributed by atoms with Crippen LogP contribution in [0.25, 0.3) is 0 Å².